The van der Waals surface area contributed by atoms with E-state index in [4.69, 9.17) is 30.8 Å². The summed E-state index contributed by atoms with van der Waals surface area (Å²) in [5.74, 6) is 0.342. The number of nitrogens with zero attached hydrogens (tertiary/aromatic N) is 3. The van der Waals surface area contributed by atoms with Crippen LogP contribution in [0.2, 0.25) is 5.02 Å². The molecular weight excluding hydrogens is 657 g/mol. The van der Waals surface area contributed by atoms with E-state index < -0.39 is 5.97 Å². The zero-order chi connectivity index (χ0) is 28.5. The predicted molar refractivity (Wildman–Crippen MR) is 166 cm³/mol. The maximum Gasteiger partial charge on any atom is 0.335 e. The fraction of sp³-hybridized carbons (Fsp3) is 0.0323. The first kappa shape index (κ1) is 26.7. The van der Waals surface area contributed by atoms with Crippen LogP contribution in [0.5, 0.6) is 5.75 Å². The first-order chi connectivity index (χ1) is 19.9. The summed E-state index contributed by atoms with van der Waals surface area (Å²) in [6.07, 6.45) is 1.58. The first-order valence-electron chi connectivity index (χ1n) is 12.4. The number of fused-ring (bicyclic) bond motifs is 2. The summed E-state index contributed by atoms with van der Waals surface area (Å²) in [6, 6.07) is 26.2. The minimum absolute atomic E-state index is 0.223. The summed E-state index contributed by atoms with van der Waals surface area (Å²) in [5, 5.41) is 15.4. The highest BCUT2D eigenvalue weighted by Crippen LogP contribution is 2.29. The number of carboxylic acid groups (broad SMARTS) is 1. The molecule has 6 aromatic rings. The number of aromatic carboxylic acids is 1. The van der Waals surface area contributed by atoms with Gasteiger partial charge in [-0.3, -0.25) is 4.79 Å². The molecule has 0 aliphatic heterocycles. The van der Waals surface area contributed by atoms with Crippen LogP contribution >= 0.6 is 34.2 Å². The van der Waals surface area contributed by atoms with Crippen LogP contribution in [0.25, 0.3) is 33.5 Å². The highest BCUT2D eigenvalue weighted by atomic mass is 127. The van der Waals surface area contributed by atoms with Crippen molar-refractivity contribution in [2.45, 2.75) is 6.61 Å². The van der Waals surface area contributed by atoms with Crippen LogP contribution in [0.3, 0.4) is 0 Å². The van der Waals surface area contributed by atoms with Gasteiger partial charge in [-0.15, -0.1) is 0 Å². The van der Waals surface area contributed by atoms with E-state index in [0.29, 0.717) is 33.0 Å². The molecule has 0 aliphatic carbocycles. The van der Waals surface area contributed by atoms with Gasteiger partial charge in [-0.2, -0.15) is 9.78 Å². The smallest absolute Gasteiger partial charge is 0.335 e. The minimum atomic E-state index is -0.972. The number of rotatable bonds is 7. The van der Waals surface area contributed by atoms with Crippen LogP contribution < -0.4 is 10.3 Å². The second-order valence-corrected chi connectivity index (χ2v) is 10.7. The Morgan fingerprint density at radius 3 is 2.63 bits per heavy atom. The summed E-state index contributed by atoms with van der Waals surface area (Å²) in [4.78, 5) is 29.3. The molecule has 0 amide bonds. The molecule has 4 aromatic carbocycles. The Morgan fingerprint density at radius 1 is 1.05 bits per heavy atom. The molecule has 0 atom stereocenters. The van der Waals surface area contributed by atoms with Crippen LogP contribution in [0.4, 0.5) is 0 Å². The molecule has 0 spiro atoms. The van der Waals surface area contributed by atoms with E-state index in [9.17, 15) is 9.59 Å². The largest absolute Gasteiger partial charge is 0.488 e. The predicted octanol–water partition coefficient (Wildman–Crippen LogP) is 7.23. The van der Waals surface area contributed by atoms with Crippen LogP contribution in [0.1, 0.15) is 21.5 Å². The molecule has 0 aliphatic rings. The number of carbonyl (C=O) groups is 1. The maximum absolute atomic E-state index is 13.5. The van der Waals surface area contributed by atoms with Gasteiger partial charge in [-0.25, -0.2) is 9.78 Å². The lowest BCUT2D eigenvalue weighted by Crippen LogP contribution is -2.20. The summed E-state index contributed by atoms with van der Waals surface area (Å²) >= 11 is 8.32. The van der Waals surface area contributed by atoms with Crippen molar-refractivity contribution in [2.24, 2.45) is 5.10 Å². The molecule has 2 aromatic heterocycles. The summed E-state index contributed by atoms with van der Waals surface area (Å²) < 4.78 is 14.0. The van der Waals surface area contributed by atoms with E-state index >= 15 is 0 Å². The van der Waals surface area contributed by atoms with Gasteiger partial charge in [0.05, 0.1) is 26.3 Å². The molecule has 8 nitrogen and oxygen atoms in total. The van der Waals surface area contributed by atoms with Gasteiger partial charge in [0.25, 0.3) is 5.56 Å². The van der Waals surface area contributed by atoms with Gasteiger partial charge in [-0.05, 0) is 100 Å². The van der Waals surface area contributed by atoms with Crippen molar-refractivity contribution >= 4 is 68.2 Å². The first-order valence-corrected chi connectivity index (χ1v) is 13.8. The Morgan fingerprint density at radius 2 is 1.85 bits per heavy atom. The lowest BCUT2D eigenvalue weighted by atomic mass is 10.1. The topological polar surface area (TPSA) is 107 Å². The number of halogens is 2. The Labute approximate surface area is 251 Å². The molecule has 0 radical (unpaired) electrons. The zero-order valence-electron chi connectivity index (χ0n) is 21.1. The molecule has 41 heavy (non-hydrogen) atoms. The molecule has 2 heterocycles. The van der Waals surface area contributed by atoms with Gasteiger partial charge >= 0.3 is 5.97 Å². The third-order valence-electron chi connectivity index (χ3n) is 6.33. The molecular formula is C31H19ClIN3O5. The van der Waals surface area contributed by atoms with Crippen LogP contribution in [0, 0.1) is 3.57 Å². The van der Waals surface area contributed by atoms with E-state index in [1.807, 2.05) is 24.3 Å². The van der Waals surface area contributed by atoms with E-state index in [1.165, 1.54) is 4.68 Å². The van der Waals surface area contributed by atoms with Gasteiger partial charge < -0.3 is 14.3 Å². The Kier molecular flexibility index (Phi) is 7.29. The molecule has 0 fully saturated rings. The van der Waals surface area contributed by atoms with Gasteiger partial charge in [0, 0.05) is 10.4 Å². The van der Waals surface area contributed by atoms with Gasteiger partial charge in [-0.1, -0.05) is 35.9 Å². The fourth-order valence-electron chi connectivity index (χ4n) is 4.26. The number of carboxylic acids is 1. The van der Waals surface area contributed by atoms with Crippen molar-refractivity contribution < 1.29 is 19.1 Å². The van der Waals surface area contributed by atoms with E-state index in [2.05, 4.69) is 27.7 Å². The molecule has 0 bridgehead atoms. The third kappa shape index (κ3) is 5.59. The van der Waals surface area contributed by atoms with Crippen molar-refractivity contribution in [1.82, 2.24) is 9.66 Å². The van der Waals surface area contributed by atoms with Gasteiger partial charge in [0.15, 0.2) is 5.76 Å². The fourth-order valence-corrected chi connectivity index (χ4v) is 5.13. The number of hydrogen-bond donors (Lipinski definition) is 1. The molecule has 1 N–H and O–H groups in total. The van der Waals surface area contributed by atoms with E-state index in [-0.39, 0.29) is 23.6 Å². The summed E-state index contributed by atoms with van der Waals surface area (Å²) in [6.45, 7) is 0.285. The molecule has 6 rings (SSSR count). The maximum atomic E-state index is 13.5. The standard InChI is InChI=1S/C31H19ClIN3O5/c32-22-10-12-26-21(14-22)15-28(41-26)29-35-25-4-2-1-3-23(25)30(37)36(29)34-16-19-7-11-27(24(33)13-19)40-17-18-5-8-20(9-6-18)31(38)39/h1-16H,17H2,(H,38,39). The number of furan rings is 1. The van der Waals surface area contributed by atoms with Crippen molar-refractivity contribution in [3.8, 4) is 17.3 Å². The minimum Gasteiger partial charge on any atom is -0.488 e. The summed E-state index contributed by atoms with van der Waals surface area (Å²) in [7, 11) is 0. The average molecular weight is 676 g/mol. The van der Waals surface area contributed by atoms with Gasteiger partial charge in [0.1, 0.15) is 17.9 Å². The Hall–Kier alpha value is -4.48. The SMILES string of the molecule is O=C(O)c1ccc(COc2ccc(C=Nn3c(-c4cc5cc(Cl)ccc5o4)nc4ccccc4c3=O)cc2I)cc1. The Balaban J connectivity index is 1.31. The molecule has 0 saturated heterocycles. The zero-order valence-corrected chi connectivity index (χ0v) is 24.0. The van der Waals surface area contributed by atoms with E-state index in [1.54, 1.807) is 72.9 Å². The Bertz CT molecular complexity index is 2030. The number of hydrogen-bond acceptors (Lipinski definition) is 6. The second kappa shape index (κ2) is 11.2. The second-order valence-electron chi connectivity index (χ2n) is 9.09. The third-order valence-corrected chi connectivity index (χ3v) is 7.40. The monoisotopic (exact) mass is 675 g/mol. The molecule has 0 saturated carbocycles. The van der Waals surface area contributed by atoms with Crippen molar-refractivity contribution in [3.05, 3.63) is 127 Å². The van der Waals surface area contributed by atoms with Crippen LogP contribution in [-0.2, 0) is 6.61 Å². The van der Waals surface area contributed by atoms with Crippen LogP contribution in [0.15, 0.2) is 105 Å². The number of para-hydroxylation sites is 1. The molecule has 10 heteroatoms. The highest BCUT2D eigenvalue weighted by molar-refractivity contribution is 14.1. The molecule has 0 unspecified atom stereocenters. The highest BCUT2D eigenvalue weighted by Gasteiger charge is 2.17. The van der Waals surface area contributed by atoms with Crippen molar-refractivity contribution in [2.75, 3.05) is 0 Å². The van der Waals surface area contributed by atoms with Gasteiger partial charge in [0.2, 0.25) is 5.82 Å². The lowest BCUT2D eigenvalue weighted by Gasteiger charge is -2.10. The van der Waals surface area contributed by atoms with Crippen molar-refractivity contribution in [1.29, 1.82) is 0 Å². The number of aromatic nitrogens is 2. The number of benzene rings is 4. The quantitative estimate of drug-likeness (QED) is 0.141. The van der Waals surface area contributed by atoms with E-state index in [0.717, 1.165) is 20.1 Å². The molecule has 202 valence electrons. The average Bonchev–Trinajstić information content (AvgIpc) is 3.39. The van der Waals surface area contributed by atoms with Crippen molar-refractivity contribution in [3.63, 3.8) is 0 Å². The summed E-state index contributed by atoms with van der Waals surface area (Å²) in [5.41, 5.74) is 2.64. The lowest BCUT2D eigenvalue weighted by molar-refractivity contribution is 0.0697. The van der Waals surface area contributed by atoms with Crippen LogP contribution in [-0.4, -0.2) is 27.0 Å². The normalized spacial score (nSPS) is 11.5. The number of ether oxygens (including phenoxy) is 1.